The number of carbonyl (C=O) groups excluding carboxylic acids is 1. The summed E-state index contributed by atoms with van der Waals surface area (Å²) in [6.07, 6.45) is 2.88. The van der Waals surface area contributed by atoms with E-state index in [1.165, 1.54) is 3.57 Å². The van der Waals surface area contributed by atoms with Crippen molar-refractivity contribution in [2.75, 3.05) is 13.2 Å². The summed E-state index contributed by atoms with van der Waals surface area (Å²) in [7, 11) is 0. The van der Waals surface area contributed by atoms with Crippen molar-refractivity contribution in [2.24, 2.45) is 0 Å². The normalized spacial score (nSPS) is 18.9. The number of ether oxygens (including phenoxy) is 2. The molecule has 0 saturated carbocycles. The molecule has 1 aromatic rings. The van der Waals surface area contributed by atoms with Crippen LogP contribution in [0.3, 0.4) is 0 Å². The third-order valence-corrected chi connectivity index (χ3v) is 4.23. The first-order valence-electron chi connectivity index (χ1n) is 7.73. The first-order valence-corrected chi connectivity index (χ1v) is 8.81. The summed E-state index contributed by atoms with van der Waals surface area (Å²) >= 11 is 2.27. The highest BCUT2D eigenvalue weighted by molar-refractivity contribution is 14.1. The molecule has 1 heterocycles. The lowest BCUT2D eigenvalue weighted by Gasteiger charge is -2.36. The minimum absolute atomic E-state index is 0.0860. The van der Waals surface area contributed by atoms with Crippen molar-refractivity contribution in [3.63, 3.8) is 0 Å². The van der Waals surface area contributed by atoms with Crippen LogP contribution < -0.4 is 4.74 Å². The lowest BCUT2D eigenvalue weighted by Crippen LogP contribution is -2.48. The molecule has 1 aliphatic rings. The van der Waals surface area contributed by atoms with Crippen LogP contribution in [0.15, 0.2) is 24.3 Å². The number of rotatable bonds is 3. The molecule has 1 atom stereocenters. The summed E-state index contributed by atoms with van der Waals surface area (Å²) in [5.41, 5.74) is -0.462. The molecule has 1 aliphatic heterocycles. The minimum atomic E-state index is -0.462. The van der Waals surface area contributed by atoms with Crippen molar-refractivity contribution in [2.45, 2.75) is 51.7 Å². The van der Waals surface area contributed by atoms with E-state index in [0.717, 1.165) is 31.6 Å². The van der Waals surface area contributed by atoms with E-state index in [2.05, 4.69) is 22.6 Å². The fraction of sp³-hybridized carbons (Fsp3) is 0.588. The lowest BCUT2D eigenvalue weighted by atomic mass is 10.0. The van der Waals surface area contributed by atoms with E-state index in [1.54, 1.807) is 0 Å². The van der Waals surface area contributed by atoms with Gasteiger partial charge in [-0.1, -0.05) is 0 Å². The topological polar surface area (TPSA) is 38.8 Å². The zero-order valence-electron chi connectivity index (χ0n) is 13.5. The van der Waals surface area contributed by atoms with Gasteiger partial charge in [-0.05, 0) is 86.9 Å². The Bertz CT molecular complexity index is 496. The second-order valence-corrected chi connectivity index (χ2v) is 7.83. The molecule has 0 unspecified atom stereocenters. The number of hydrogen-bond acceptors (Lipinski definition) is 3. The molecule has 1 aromatic carbocycles. The monoisotopic (exact) mass is 417 g/mol. The van der Waals surface area contributed by atoms with Gasteiger partial charge in [-0.25, -0.2) is 4.79 Å². The molecule has 1 saturated heterocycles. The maximum absolute atomic E-state index is 12.3. The third kappa shape index (κ3) is 5.34. The zero-order valence-corrected chi connectivity index (χ0v) is 15.6. The van der Waals surface area contributed by atoms with E-state index in [9.17, 15) is 4.79 Å². The Balaban J connectivity index is 1.94. The number of hydrogen-bond donors (Lipinski definition) is 0. The molecule has 0 aromatic heterocycles. The highest BCUT2D eigenvalue weighted by Gasteiger charge is 2.30. The van der Waals surface area contributed by atoms with E-state index in [4.69, 9.17) is 9.47 Å². The Labute approximate surface area is 146 Å². The van der Waals surface area contributed by atoms with E-state index in [1.807, 2.05) is 49.9 Å². The lowest BCUT2D eigenvalue weighted by molar-refractivity contribution is 0.00361. The van der Waals surface area contributed by atoms with Crippen molar-refractivity contribution < 1.29 is 14.3 Å². The summed E-state index contributed by atoms with van der Waals surface area (Å²) in [5, 5.41) is 0. The molecule has 122 valence electrons. The minimum Gasteiger partial charge on any atom is -0.491 e. The van der Waals surface area contributed by atoms with Crippen LogP contribution in [-0.4, -0.2) is 35.8 Å². The molecule has 22 heavy (non-hydrogen) atoms. The molecule has 0 aliphatic carbocycles. The molecule has 2 rings (SSSR count). The maximum atomic E-state index is 12.3. The highest BCUT2D eigenvalue weighted by atomic mass is 127. The number of amides is 1. The fourth-order valence-electron chi connectivity index (χ4n) is 2.46. The van der Waals surface area contributed by atoms with Gasteiger partial charge in [0, 0.05) is 10.1 Å². The van der Waals surface area contributed by atoms with Crippen molar-refractivity contribution in [1.29, 1.82) is 0 Å². The van der Waals surface area contributed by atoms with Gasteiger partial charge in [0.25, 0.3) is 0 Å². The van der Waals surface area contributed by atoms with Gasteiger partial charge in [-0.15, -0.1) is 0 Å². The van der Waals surface area contributed by atoms with Gasteiger partial charge in [0.05, 0.1) is 6.04 Å². The predicted molar refractivity (Wildman–Crippen MR) is 95.2 cm³/mol. The van der Waals surface area contributed by atoms with E-state index in [-0.39, 0.29) is 12.1 Å². The van der Waals surface area contributed by atoms with E-state index in [0.29, 0.717) is 6.61 Å². The van der Waals surface area contributed by atoms with Gasteiger partial charge < -0.3 is 14.4 Å². The van der Waals surface area contributed by atoms with Crippen molar-refractivity contribution in [1.82, 2.24) is 4.90 Å². The molecule has 5 heteroatoms. The summed E-state index contributed by atoms with van der Waals surface area (Å²) in [6, 6.07) is 8.04. The largest absolute Gasteiger partial charge is 0.491 e. The maximum Gasteiger partial charge on any atom is 0.410 e. The predicted octanol–water partition coefficient (Wildman–Crippen LogP) is 4.46. The molecule has 0 N–H and O–H groups in total. The third-order valence-electron chi connectivity index (χ3n) is 3.51. The van der Waals surface area contributed by atoms with Gasteiger partial charge in [-0.3, -0.25) is 0 Å². The molecular weight excluding hydrogens is 393 g/mol. The molecule has 4 nitrogen and oxygen atoms in total. The molecule has 0 radical (unpaired) electrons. The van der Waals surface area contributed by atoms with Crippen LogP contribution >= 0.6 is 22.6 Å². The Morgan fingerprint density at radius 2 is 1.95 bits per heavy atom. The highest BCUT2D eigenvalue weighted by Crippen LogP contribution is 2.22. The summed E-state index contributed by atoms with van der Waals surface area (Å²) in [4.78, 5) is 14.1. The molecule has 0 bridgehead atoms. The Kier molecular flexibility index (Phi) is 5.94. The van der Waals surface area contributed by atoms with Crippen LogP contribution in [0, 0.1) is 3.57 Å². The molecule has 0 spiro atoms. The van der Waals surface area contributed by atoms with E-state index >= 15 is 0 Å². The standard InChI is InChI=1S/C17H24INO3/c1-17(2,3)22-16(20)19-11-5-4-6-14(19)12-21-15-9-7-13(18)8-10-15/h7-10,14H,4-6,11-12H2,1-3H3/t14-/m0/s1. The summed E-state index contributed by atoms with van der Waals surface area (Å²) in [6.45, 7) is 6.94. The van der Waals surface area contributed by atoms with Crippen LogP contribution in [-0.2, 0) is 4.74 Å². The van der Waals surface area contributed by atoms with Crippen LogP contribution in [0.2, 0.25) is 0 Å². The van der Waals surface area contributed by atoms with Gasteiger partial charge in [-0.2, -0.15) is 0 Å². The van der Waals surface area contributed by atoms with Gasteiger partial charge >= 0.3 is 6.09 Å². The second-order valence-electron chi connectivity index (χ2n) is 6.59. The Morgan fingerprint density at radius 1 is 1.27 bits per heavy atom. The Morgan fingerprint density at radius 3 is 2.59 bits per heavy atom. The molecule has 1 fully saturated rings. The average molecular weight is 417 g/mol. The summed E-state index contributed by atoms with van der Waals surface area (Å²) in [5.74, 6) is 0.843. The first-order chi connectivity index (χ1) is 10.3. The Hall–Kier alpha value is -0.980. The van der Waals surface area contributed by atoms with E-state index < -0.39 is 5.60 Å². The van der Waals surface area contributed by atoms with Crippen LogP contribution in [0.25, 0.3) is 0 Å². The van der Waals surface area contributed by atoms with Crippen LogP contribution in [0.4, 0.5) is 4.79 Å². The fourth-order valence-corrected chi connectivity index (χ4v) is 2.82. The van der Waals surface area contributed by atoms with Crippen molar-refractivity contribution >= 4 is 28.7 Å². The number of carbonyl (C=O) groups is 1. The second kappa shape index (κ2) is 7.53. The number of benzene rings is 1. The SMILES string of the molecule is CC(C)(C)OC(=O)N1CCCC[C@H]1COc1ccc(I)cc1. The zero-order chi connectivity index (χ0) is 16.2. The molecule has 1 amide bonds. The number of halogens is 1. The van der Waals surface area contributed by atoms with Crippen LogP contribution in [0.5, 0.6) is 5.75 Å². The average Bonchev–Trinajstić information content (AvgIpc) is 2.45. The summed E-state index contributed by atoms with van der Waals surface area (Å²) < 4.78 is 12.5. The first kappa shape index (κ1) is 17.4. The smallest absolute Gasteiger partial charge is 0.410 e. The molecular formula is C17H24INO3. The number of nitrogens with zero attached hydrogens (tertiary/aromatic N) is 1. The van der Waals surface area contributed by atoms with Crippen molar-refractivity contribution in [3.05, 3.63) is 27.8 Å². The van der Waals surface area contributed by atoms with Crippen molar-refractivity contribution in [3.8, 4) is 5.75 Å². The number of piperidine rings is 1. The van der Waals surface area contributed by atoms with Gasteiger partial charge in [0.2, 0.25) is 0 Å². The number of likely N-dealkylation sites (tertiary alicyclic amines) is 1. The van der Waals surface area contributed by atoms with Crippen LogP contribution in [0.1, 0.15) is 40.0 Å². The quantitative estimate of drug-likeness (QED) is 0.682. The van der Waals surface area contributed by atoms with Gasteiger partial charge in [0.15, 0.2) is 0 Å². The van der Waals surface area contributed by atoms with Gasteiger partial charge in [0.1, 0.15) is 18.0 Å².